The summed E-state index contributed by atoms with van der Waals surface area (Å²) in [7, 11) is 0. The summed E-state index contributed by atoms with van der Waals surface area (Å²) in [6, 6.07) is 5.18. The van der Waals surface area contributed by atoms with Gasteiger partial charge in [0.15, 0.2) is 5.58 Å². The summed E-state index contributed by atoms with van der Waals surface area (Å²) < 4.78 is 23.8. The van der Waals surface area contributed by atoms with Crippen LogP contribution in [0.15, 0.2) is 28.8 Å². The van der Waals surface area contributed by atoms with E-state index in [9.17, 15) is 4.39 Å². The zero-order valence-corrected chi connectivity index (χ0v) is 15.8. The van der Waals surface area contributed by atoms with E-state index in [4.69, 9.17) is 19.1 Å². The highest BCUT2D eigenvalue weighted by Gasteiger charge is 2.18. The first kappa shape index (κ1) is 19.0. The maximum Gasteiger partial charge on any atom is 0.220 e. The smallest absolute Gasteiger partial charge is 0.220 e. The Bertz CT molecular complexity index is 948. The van der Waals surface area contributed by atoms with Gasteiger partial charge >= 0.3 is 0 Å². The van der Waals surface area contributed by atoms with E-state index in [1.165, 1.54) is 0 Å². The van der Waals surface area contributed by atoms with Crippen molar-refractivity contribution in [1.82, 2.24) is 15.4 Å². The number of nitrogens with zero attached hydrogens (tertiary/aromatic N) is 2. The van der Waals surface area contributed by atoms with Crippen LogP contribution in [0.1, 0.15) is 34.7 Å². The third kappa shape index (κ3) is 4.39. The summed E-state index contributed by atoms with van der Waals surface area (Å²) >= 11 is 1.59. The highest BCUT2D eigenvalue weighted by Crippen LogP contribution is 2.28. The molecule has 4 rings (SSSR count). The van der Waals surface area contributed by atoms with Gasteiger partial charge in [0, 0.05) is 23.2 Å². The van der Waals surface area contributed by atoms with E-state index in [-0.39, 0.29) is 6.04 Å². The number of aliphatic hydroxyl groups excluding tert-OH is 1. The molecule has 0 aliphatic carbocycles. The third-order valence-corrected chi connectivity index (χ3v) is 5.33. The van der Waals surface area contributed by atoms with Gasteiger partial charge in [-0.1, -0.05) is 0 Å². The molecule has 1 aromatic carbocycles. The first-order chi connectivity index (χ1) is 13.7. The van der Waals surface area contributed by atoms with Crippen LogP contribution >= 0.6 is 11.3 Å². The number of aromatic nitrogens is 2. The number of oxazole rings is 1. The molecule has 0 amide bonds. The van der Waals surface area contributed by atoms with Crippen molar-refractivity contribution in [2.75, 3.05) is 19.9 Å². The van der Waals surface area contributed by atoms with Gasteiger partial charge < -0.3 is 19.1 Å². The minimum Gasteiger partial charge on any atom is -0.485 e. The van der Waals surface area contributed by atoms with Crippen LogP contribution in [0.4, 0.5) is 4.39 Å². The molecule has 2 aromatic heterocycles. The van der Waals surface area contributed by atoms with Crippen LogP contribution in [0.3, 0.4) is 0 Å². The van der Waals surface area contributed by atoms with Crippen molar-refractivity contribution in [3.8, 4) is 5.75 Å². The summed E-state index contributed by atoms with van der Waals surface area (Å²) in [6.07, 6.45) is 6.63. The van der Waals surface area contributed by atoms with Gasteiger partial charge in [-0.3, -0.25) is 0 Å². The summed E-state index contributed by atoms with van der Waals surface area (Å²) in [5.41, 5.74) is 4.21. The number of alkyl halides is 1. The van der Waals surface area contributed by atoms with Crippen LogP contribution in [0.2, 0.25) is 0 Å². The molecule has 0 bridgehead atoms. The average molecular weight is 405 g/mol. The van der Waals surface area contributed by atoms with Crippen LogP contribution < -0.4 is 10.2 Å². The van der Waals surface area contributed by atoms with E-state index in [2.05, 4.69) is 15.4 Å². The number of rotatable bonds is 7. The number of thiazole rings is 1. The minimum absolute atomic E-state index is 0.135. The molecule has 1 saturated heterocycles. The molecule has 2 unspecified atom stereocenters. The second-order valence-electron chi connectivity index (χ2n) is 6.35. The van der Waals surface area contributed by atoms with Crippen molar-refractivity contribution in [3.05, 3.63) is 40.2 Å². The van der Waals surface area contributed by atoms with Gasteiger partial charge in [-0.25, -0.2) is 14.4 Å². The molecule has 28 heavy (non-hydrogen) atoms. The number of ether oxygens (including phenoxy) is 1. The molecule has 2 atom stereocenters. The standard InChI is InChI=1S/C19H20FN3O4S/c20-9-13(11-24)26-12-3-5-15-17(8-12)27-18(22-15)6-4-14-10-21-19(28-14)16-2-1-7-25-23-16/h3-6,8,10,13,16,23-24H,1-2,7,9,11H2/b6-4+. The summed E-state index contributed by atoms with van der Waals surface area (Å²) in [6.45, 7) is -0.427. The predicted molar refractivity (Wildman–Crippen MR) is 104 cm³/mol. The van der Waals surface area contributed by atoms with Crippen LogP contribution in [-0.4, -0.2) is 41.1 Å². The third-order valence-electron chi connectivity index (χ3n) is 4.25. The van der Waals surface area contributed by atoms with Crippen molar-refractivity contribution in [1.29, 1.82) is 0 Å². The van der Waals surface area contributed by atoms with Gasteiger partial charge in [0.1, 0.15) is 29.1 Å². The Morgan fingerprint density at radius 2 is 2.36 bits per heavy atom. The molecular weight excluding hydrogens is 385 g/mol. The molecule has 9 heteroatoms. The number of hydrogen-bond acceptors (Lipinski definition) is 8. The van der Waals surface area contributed by atoms with Gasteiger partial charge in [-0.2, -0.15) is 5.48 Å². The minimum atomic E-state index is -0.885. The van der Waals surface area contributed by atoms with Crippen molar-refractivity contribution < 1.29 is 23.5 Å². The highest BCUT2D eigenvalue weighted by molar-refractivity contribution is 7.12. The summed E-state index contributed by atoms with van der Waals surface area (Å²) in [4.78, 5) is 15.1. The first-order valence-corrected chi connectivity index (χ1v) is 9.82. The SMILES string of the molecule is OCC(CF)Oc1ccc2nc(/C=C/c3cnc(C4CCCON4)s3)oc2c1. The van der Waals surface area contributed by atoms with Crippen LogP contribution in [0, 0.1) is 0 Å². The molecule has 1 aliphatic rings. The van der Waals surface area contributed by atoms with Crippen LogP contribution in [-0.2, 0) is 4.84 Å². The Kier molecular flexibility index (Phi) is 5.96. The van der Waals surface area contributed by atoms with E-state index < -0.39 is 19.4 Å². The zero-order chi connectivity index (χ0) is 19.3. The Balaban J connectivity index is 1.46. The monoisotopic (exact) mass is 405 g/mol. The number of benzene rings is 1. The molecule has 7 nitrogen and oxygen atoms in total. The molecule has 3 aromatic rings. The molecule has 1 fully saturated rings. The number of hydrogen-bond donors (Lipinski definition) is 2. The van der Waals surface area contributed by atoms with Gasteiger partial charge in [0.05, 0.1) is 19.3 Å². The maximum absolute atomic E-state index is 12.7. The molecule has 3 heterocycles. The van der Waals surface area contributed by atoms with Gasteiger partial charge in [0.25, 0.3) is 0 Å². The van der Waals surface area contributed by atoms with Gasteiger partial charge in [0.2, 0.25) is 5.89 Å². The lowest BCUT2D eigenvalue weighted by molar-refractivity contribution is -0.0195. The number of nitrogens with one attached hydrogen (secondary N) is 1. The number of hydroxylamine groups is 1. The zero-order valence-electron chi connectivity index (χ0n) is 15.0. The number of aliphatic hydroxyl groups is 1. The van der Waals surface area contributed by atoms with Crippen molar-refractivity contribution in [2.24, 2.45) is 0 Å². The van der Waals surface area contributed by atoms with Crippen LogP contribution in [0.25, 0.3) is 23.3 Å². The lowest BCUT2D eigenvalue weighted by Gasteiger charge is -2.20. The summed E-state index contributed by atoms with van der Waals surface area (Å²) in [5, 5.41) is 10.0. The molecule has 148 valence electrons. The second-order valence-corrected chi connectivity index (χ2v) is 7.45. The Hall–Kier alpha value is -2.33. The lowest BCUT2D eigenvalue weighted by Crippen LogP contribution is -2.27. The molecule has 0 radical (unpaired) electrons. The Morgan fingerprint density at radius 3 is 3.14 bits per heavy atom. The lowest BCUT2D eigenvalue weighted by atomic mass is 10.2. The highest BCUT2D eigenvalue weighted by atomic mass is 32.1. The van der Waals surface area contributed by atoms with Crippen molar-refractivity contribution in [3.63, 3.8) is 0 Å². The van der Waals surface area contributed by atoms with E-state index in [0.29, 0.717) is 22.7 Å². The fraction of sp³-hybridized carbons (Fsp3) is 0.368. The van der Waals surface area contributed by atoms with Crippen molar-refractivity contribution >= 4 is 34.6 Å². The summed E-state index contributed by atoms with van der Waals surface area (Å²) in [5.74, 6) is 0.871. The van der Waals surface area contributed by atoms with Gasteiger partial charge in [-0.15, -0.1) is 11.3 Å². The molecule has 0 saturated carbocycles. The normalized spacial score (nSPS) is 18.7. The molecule has 0 spiro atoms. The van der Waals surface area contributed by atoms with Crippen LogP contribution in [0.5, 0.6) is 5.75 Å². The van der Waals surface area contributed by atoms with E-state index >= 15 is 0 Å². The largest absolute Gasteiger partial charge is 0.485 e. The molecule has 1 aliphatic heterocycles. The Labute approximate surface area is 164 Å². The fourth-order valence-electron chi connectivity index (χ4n) is 2.82. The number of halogens is 1. The first-order valence-electron chi connectivity index (χ1n) is 9.00. The van der Waals surface area contributed by atoms with Crippen molar-refractivity contribution in [2.45, 2.75) is 25.0 Å². The topological polar surface area (TPSA) is 89.6 Å². The van der Waals surface area contributed by atoms with E-state index in [0.717, 1.165) is 29.3 Å². The van der Waals surface area contributed by atoms with Gasteiger partial charge in [-0.05, 0) is 31.1 Å². The van der Waals surface area contributed by atoms with E-state index in [1.54, 1.807) is 35.6 Å². The second kappa shape index (κ2) is 8.78. The fourth-order valence-corrected chi connectivity index (χ4v) is 3.72. The predicted octanol–water partition coefficient (Wildman–Crippen LogP) is 3.52. The van der Waals surface area contributed by atoms with E-state index in [1.807, 2.05) is 12.3 Å². The maximum atomic E-state index is 12.7. The number of fused-ring (bicyclic) bond motifs is 1. The molecular formula is C19H20FN3O4S. The quantitative estimate of drug-likeness (QED) is 0.622. The average Bonchev–Trinajstić information content (AvgIpc) is 3.37. The Morgan fingerprint density at radius 1 is 1.43 bits per heavy atom. The molecule has 2 N–H and O–H groups in total.